The first kappa shape index (κ1) is 17.7. The highest BCUT2D eigenvalue weighted by molar-refractivity contribution is 5.95. The Hall–Kier alpha value is -1.43. The minimum absolute atomic E-state index is 0.154. The van der Waals surface area contributed by atoms with E-state index in [1.807, 2.05) is 23.1 Å². The number of benzene rings is 1. The summed E-state index contributed by atoms with van der Waals surface area (Å²) in [6.45, 7) is 5.94. The molecule has 2 saturated heterocycles. The van der Waals surface area contributed by atoms with Crippen molar-refractivity contribution in [3.63, 3.8) is 0 Å². The summed E-state index contributed by atoms with van der Waals surface area (Å²) in [6, 6.07) is 6.03. The number of ether oxygens (including phenoxy) is 2. The number of likely N-dealkylation sites (N-methyl/N-ethyl adjacent to an activating group) is 1. The Balaban J connectivity index is 1.19. The molecule has 1 atom stereocenters. The number of carbonyl (C=O) groups is 1. The number of rotatable bonds is 5. The Labute approximate surface area is 161 Å². The van der Waals surface area contributed by atoms with Gasteiger partial charge in [-0.1, -0.05) is 6.07 Å². The summed E-state index contributed by atoms with van der Waals surface area (Å²) in [7, 11) is 2.22. The van der Waals surface area contributed by atoms with Crippen molar-refractivity contribution >= 4 is 5.91 Å². The topological polar surface area (TPSA) is 42.0 Å². The van der Waals surface area contributed by atoms with Crippen LogP contribution < -0.4 is 0 Å². The van der Waals surface area contributed by atoms with Crippen LogP contribution in [-0.2, 0) is 22.7 Å². The third-order valence-electron chi connectivity index (χ3n) is 6.98. The van der Waals surface area contributed by atoms with Gasteiger partial charge in [0.05, 0.1) is 18.8 Å². The van der Waals surface area contributed by atoms with Gasteiger partial charge in [0.15, 0.2) is 0 Å². The number of amides is 1. The Morgan fingerprint density at radius 1 is 1.15 bits per heavy atom. The fraction of sp³-hybridized carbons (Fsp3) is 0.682. The molecule has 5 heteroatoms. The molecule has 0 bridgehead atoms. The van der Waals surface area contributed by atoms with Gasteiger partial charge in [0.1, 0.15) is 0 Å². The smallest absolute Gasteiger partial charge is 0.253 e. The van der Waals surface area contributed by atoms with E-state index in [0.717, 1.165) is 50.8 Å². The highest BCUT2D eigenvalue weighted by Crippen LogP contribution is 2.39. The molecule has 0 N–H and O–H groups in total. The van der Waals surface area contributed by atoms with Gasteiger partial charge in [-0.3, -0.25) is 9.69 Å². The van der Waals surface area contributed by atoms with E-state index in [1.165, 1.54) is 30.4 Å². The van der Waals surface area contributed by atoms with Crippen molar-refractivity contribution in [3.8, 4) is 0 Å². The number of fused-ring (bicyclic) bond motifs is 1. The van der Waals surface area contributed by atoms with Gasteiger partial charge in [-0.25, -0.2) is 0 Å². The van der Waals surface area contributed by atoms with Crippen molar-refractivity contribution in [1.29, 1.82) is 0 Å². The van der Waals surface area contributed by atoms with E-state index in [-0.39, 0.29) is 11.4 Å². The Morgan fingerprint density at radius 2 is 1.93 bits per heavy atom. The third kappa shape index (κ3) is 3.41. The summed E-state index contributed by atoms with van der Waals surface area (Å²) in [6.07, 6.45) is 5.06. The summed E-state index contributed by atoms with van der Waals surface area (Å²) < 4.78 is 11.4. The van der Waals surface area contributed by atoms with Crippen LogP contribution in [0, 0.1) is 11.8 Å². The second-order valence-electron chi connectivity index (χ2n) is 9.12. The Kier molecular flexibility index (Phi) is 4.49. The molecule has 1 aromatic carbocycles. The van der Waals surface area contributed by atoms with Gasteiger partial charge in [-0.05, 0) is 74.4 Å². The molecular weight excluding hydrogens is 340 g/mol. The highest BCUT2D eigenvalue weighted by Gasteiger charge is 2.51. The van der Waals surface area contributed by atoms with Gasteiger partial charge >= 0.3 is 0 Å². The van der Waals surface area contributed by atoms with E-state index in [1.54, 1.807) is 0 Å². The standard InChI is InChI=1S/C22H30N2O3/c1-23-7-6-17(11-26-10-16-2-3-16)9-22(23)14-24(15-22)21(25)18-4-5-19-12-27-13-20(19)8-18/h4-5,8,16-17H,2-3,6-7,9-15H2,1H3/t17-/m0/s1. The number of piperidine rings is 1. The molecule has 4 aliphatic rings. The molecule has 1 aliphatic carbocycles. The zero-order valence-corrected chi connectivity index (χ0v) is 16.3. The first-order valence-corrected chi connectivity index (χ1v) is 10.4. The SMILES string of the molecule is CN1CC[C@H](COCC2CC2)CC12CN(C(=O)c1ccc3c(c1)COC3)C2. The average molecular weight is 370 g/mol. The molecule has 146 valence electrons. The van der Waals surface area contributed by atoms with Crippen LogP contribution in [0.4, 0.5) is 0 Å². The van der Waals surface area contributed by atoms with Gasteiger partial charge < -0.3 is 14.4 Å². The van der Waals surface area contributed by atoms with Crippen LogP contribution in [0.3, 0.4) is 0 Å². The molecule has 1 aromatic rings. The molecule has 0 radical (unpaired) electrons. The molecule has 5 nitrogen and oxygen atoms in total. The van der Waals surface area contributed by atoms with Crippen LogP contribution >= 0.6 is 0 Å². The fourth-order valence-corrected chi connectivity index (χ4v) is 4.90. The van der Waals surface area contributed by atoms with Crippen LogP contribution in [-0.4, -0.2) is 61.1 Å². The third-order valence-corrected chi connectivity index (χ3v) is 6.98. The van der Waals surface area contributed by atoms with Crippen molar-refractivity contribution in [3.05, 3.63) is 34.9 Å². The van der Waals surface area contributed by atoms with Gasteiger partial charge in [0.25, 0.3) is 5.91 Å². The Morgan fingerprint density at radius 3 is 2.74 bits per heavy atom. The summed E-state index contributed by atoms with van der Waals surface area (Å²) in [4.78, 5) is 17.4. The van der Waals surface area contributed by atoms with E-state index in [4.69, 9.17) is 9.47 Å². The van der Waals surface area contributed by atoms with Crippen LogP contribution in [0.1, 0.15) is 47.2 Å². The first-order chi connectivity index (χ1) is 13.1. The maximum absolute atomic E-state index is 12.9. The second-order valence-corrected chi connectivity index (χ2v) is 9.12. The zero-order chi connectivity index (χ0) is 18.4. The maximum atomic E-state index is 12.9. The second kappa shape index (κ2) is 6.87. The molecule has 3 fully saturated rings. The number of nitrogens with zero attached hydrogens (tertiary/aromatic N) is 2. The van der Waals surface area contributed by atoms with E-state index in [0.29, 0.717) is 19.1 Å². The average Bonchev–Trinajstić information content (AvgIpc) is 3.34. The van der Waals surface area contributed by atoms with E-state index in [9.17, 15) is 4.79 Å². The molecule has 1 amide bonds. The molecule has 0 aromatic heterocycles. The van der Waals surface area contributed by atoms with Crippen molar-refractivity contribution in [2.24, 2.45) is 11.8 Å². The minimum atomic E-state index is 0.154. The van der Waals surface area contributed by atoms with Crippen LogP contribution in [0.15, 0.2) is 18.2 Å². The molecule has 5 rings (SSSR count). The fourth-order valence-electron chi connectivity index (χ4n) is 4.90. The molecule has 3 heterocycles. The van der Waals surface area contributed by atoms with Gasteiger partial charge in [-0.2, -0.15) is 0 Å². The van der Waals surface area contributed by atoms with Crippen molar-refractivity contribution in [1.82, 2.24) is 9.80 Å². The normalized spacial score (nSPS) is 26.9. The molecule has 0 unspecified atom stereocenters. The van der Waals surface area contributed by atoms with E-state index in [2.05, 4.69) is 11.9 Å². The lowest BCUT2D eigenvalue weighted by Crippen LogP contribution is -2.72. The molecule has 3 aliphatic heterocycles. The molecule has 1 saturated carbocycles. The quantitative estimate of drug-likeness (QED) is 0.799. The van der Waals surface area contributed by atoms with Gasteiger partial charge in [-0.15, -0.1) is 0 Å². The number of likely N-dealkylation sites (tertiary alicyclic amines) is 2. The lowest BCUT2D eigenvalue weighted by Gasteiger charge is -2.58. The van der Waals surface area contributed by atoms with Crippen molar-refractivity contribution < 1.29 is 14.3 Å². The van der Waals surface area contributed by atoms with E-state index < -0.39 is 0 Å². The van der Waals surface area contributed by atoms with Gasteiger partial charge in [0, 0.05) is 31.9 Å². The lowest BCUT2D eigenvalue weighted by molar-refractivity contribution is -0.0761. The van der Waals surface area contributed by atoms with Crippen LogP contribution in [0.5, 0.6) is 0 Å². The van der Waals surface area contributed by atoms with Crippen LogP contribution in [0.2, 0.25) is 0 Å². The summed E-state index contributed by atoms with van der Waals surface area (Å²) in [5.74, 6) is 1.63. The zero-order valence-electron chi connectivity index (χ0n) is 16.3. The van der Waals surface area contributed by atoms with Crippen LogP contribution in [0.25, 0.3) is 0 Å². The van der Waals surface area contributed by atoms with Gasteiger partial charge in [0.2, 0.25) is 0 Å². The largest absolute Gasteiger partial charge is 0.381 e. The first-order valence-electron chi connectivity index (χ1n) is 10.4. The number of carbonyl (C=O) groups excluding carboxylic acids is 1. The Bertz CT molecular complexity index is 724. The summed E-state index contributed by atoms with van der Waals surface area (Å²) >= 11 is 0. The van der Waals surface area contributed by atoms with Crippen molar-refractivity contribution in [2.75, 3.05) is 39.9 Å². The maximum Gasteiger partial charge on any atom is 0.253 e. The van der Waals surface area contributed by atoms with E-state index >= 15 is 0 Å². The predicted molar refractivity (Wildman–Crippen MR) is 102 cm³/mol. The number of hydrogen-bond donors (Lipinski definition) is 0. The molecule has 27 heavy (non-hydrogen) atoms. The summed E-state index contributed by atoms with van der Waals surface area (Å²) in [5, 5.41) is 0. The lowest BCUT2D eigenvalue weighted by atomic mass is 9.75. The molecule has 1 spiro atoms. The molecular formula is C22H30N2O3. The predicted octanol–water partition coefficient (Wildman–Crippen LogP) is 2.68. The highest BCUT2D eigenvalue weighted by atomic mass is 16.5. The minimum Gasteiger partial charge on any atom is -0.381 e. The van der Waals surface area contributed by atoms with Crippen molar-refractivity contribution in [2.45, 2.75) is 44.4 Å². The number of hydrogen-bond acceptors (Lipinski definition) is 4. The summed E-state index contributed by atoms with van der Waals surface area (Å²) in [5.41, 5.74) is 3.34. The monoisotopic (exact) mass is 370 g/mol.